The first kappa shape index (κ1) is 9.34. The minimum Gasteiger partial charge on any atom is -0.757 e. The molecular formula is C11H15N2O-. The van der Waals surface area contributed by atoms with Crippen molar-refractivity contribution in [3.8, 4) is 0 Å². The normalized spacial score (nSPS) is 14.7. The van der Waals surface area contributed by atoms with Crippen LogP contribution in [0.25, 0.3) is 0 Å². The average Bonchev–Trinajstić information content (AvgIpc) is 2.54. The Bertz CT molecular complexity index is 314. The molecule has 1 aliphatic rings. The molecule has 0 saturated carbocycles. The van der Waals surface area contributed by atoms with E-state index in [1.807, 2.05) is 24.3 Å². The Balaban J connectivity index is 2.17. The van der Waals surface area contributed by atoms with Crippen LogP contribution in [0, 0.1) is 5.21 Å². The van der Waals surface area contributed by atoms with Crippen LogP contribution < -0.4 is 9.96 Å². The van der Waals surface area contributed by atoms with Crippen LogP contribution in [-0.2, 0) is 0 Å². The van der Waals surface area contributed by atoms with Gasteiger partial charge in [-0.25, -0.2) is 0 Å². The zero-order valence-electron chi connectivity index (χ0n) is 8.44. The highest BCUT2D eigenvalue weighted by Crippen LogP contribution is 2.34. The van der Waals surface area contributed by atoms with Gasteiger partial charge in [0.1, 0.15) is 0 Å². The second-order valence-corrected chi connectivity index (χ2v) is 3.63. The standard InChI is InChI=1S/C11H15N2O/c1-2-3-8-12-9-13(14)11-7-5-4-6-10(11)12/h4-7H,2-3,8-9H2,1H3/q-1. The van der Waals surface area contributed by atoms with Crippen molar-refractivity contribution >= 4 is 11.4 Å². The number of benzene rings is 1. The number of para-hydroxylation sites is 2. The molecule has 0 saturated heterocycles. The summed E-state index contributed by atoms with van der Waals surface area (Å²) in [5.41, 5.74) is 1.89. The van der Waals surface area contributed by atoms with E-state index in [4.69, 9.17) is 0 Å². The SMILES string of the molecule is CCCCN1CN([O-])c2ccccc21. The maximum absolute atomic E-state index is 11.5. The van der Waals surface area contributed by atoms with Gasteiger partial charge in [0, 0.05) is 6.54 Å². The second-order valence-electron chi connectivity index (χ2n) is 3.63. The molecule has 0 aromatic heterocycles. The molecule has 0 fully saturated rings. The van der Waals surface area contributed by atoms with Gasteiger partial charge >= 0.3 is 0 Å². The second kappa shape index (κ2) is 3.88. The summed E-state index contributed by atoms with van der Waals surface area (Å²) < 4.78 is 0. The lowest BCUT2D eigenvalue weighted by atomic mass is 10.2. The van der Waals surface area contributed by atoms with Crippen LogP contribution in [0.4, 0.5) is 11.4 Å². The van der Waals surface area contributed by atoms with Gasteiger partial charge in [0.2, 0.25) is 0 Å². The molecule has 1 aliphatic heterocycles. The monoisotopic (exact) mass is 191 g/mol. The topological polar surface area (TPSA) is 29.5 Å². The van der Waals surface area contributed by atoms with Crippen molar-refractivity contribution in [2.45, 2.75) is 19.8 Å². The van der Waals surface area contributed by atoms with E-state index in [2.05, 4.69) is 11.8 Å². The predicted molar refractivity (Wildman–Crippen MR) is 59.4 cm³/mol. The van der Waals surface area contributed by atoms with Crippen LogP contribution in [0.2, 0.25) is 0 Å². The quantitative estimate of drug-likeness (QED) is 0.735. The summed E-state index contributed by atoms with van der Waals surface area (Å²) in [5.74, 6) is 0. The van der Waals surface area contributed by atoms with E-state index in [1.165, 1.54) is 0 Å². The highest BCUT2D eigenvalue weighted by Gasteiger charge is 2.18. The molecule has 0 amide bonds. The first-order valence-corrected chi connectivity index (χ1v) is 5.11. The lowest BCUT2D eigenvalue weighted by Gasteiger charge is -2.25. The molecule has 2 rings (SSSR count). The van der Waals surface area contributed by atoms with Crippen molar-refractivity contribution in [3.05, 3.63) is 29.5 Å². The summed E-state index contributed by atoms with van der Waals surface area (Å²) in [7, 11) is 0. The van der Waals surface area contributed by atoms with Gasteiger partial charge in [-0.05, 0) is 18.6 Å². The van der Waals surface area contributed by atoms with Gasteiger partial charge in [0.05, 0.1) is 18.0 Å². The first-order valence-electron chi connectivity index (χ1n) is 5.11. The fraction of sp³-hybridized carbons (Fsp3) is 0.455. The van der Waals surface area contributed by atoms with E-state index in [0.717, 1.165) is 35.8 Å². The Kier molecular flexibility index (Phi) is 2.59. The third-order valence-corrected chi connectivity index (χ3v) is 2.57. The number of rotatable bonds is 3. The lowest BCUT2D eigenvalue weighted by molar-refractivity contribution is 0.735. The number of unbranched alkanes of at least 4 members (excludes halogenated alkanes) is 1. The van der Waals surface area contributed by atoms with Crippen molar-refractivity contribution in [3.63, 3.8) is 0 Å². The Morgan fingerprint density at radius 1 is 1.29 bits per heavy atom. The first-order chi connectivity index (χ1) is 6.83. The van der Waals surface area contributed by atoms with Gasteiger partial charge in [-0.3, -0.25) is 0 Å². The van der Waals surface area contributed by atoms with Gasteiger partial charge < -0.3 is 15.2 Å². The van der Waals surface area contributed by atoms with Crippen molar-refractivity contribution in [1.29, 1.82) is 0 Å². The molecule has 0 N–H and O–H groups in total. The van der Waals surface area contributed by atoms with Crippen LogP contribution in [0.5, 0.6) is 0 Å². The van der Waals surface area contributed by atoms with Crippen molar-refractivity contribution in [1.82, 2.24) is 0 Å². The molecule has 0 atom stereocenters. The number of anilines is 2. The largest absolute Gasteiger partial charge is 0.757 e. The summed E-state index contributed by atoms with van der Waals surface area (Å²) >= 11 is 0. The third kappa shape index (κ3) is 1.55. The summed E-state index contributed by atoms with van der Waals surface area (Å²) in [4.78, 5) is 2.14. The number of hydrogen-bond acceptors (Lipinski definition) is 3. The molecule has 0 spiro atoms. The Morgan fingerprint density at radius 3 is 2.71 bits per heavy atom. The average molecular weight is 191 g/mol. The van der Waals surface area contributed by atoms with E-state index >= 15 is 0 Å². The highest BCUT2D eigenvalue weighted by atomic mass is 16.5. The maximum Gasteiger partial charge on any atom is 0.0801 e. The van der Waals surface area contributed by atoms with Gasteiger partial charge in [-0.15, -0.1) is 0 Å². The number of hydroxylamine groups is 1. The van der Waals surface area contributed by atoms with Crippen LogP contribution >= 0.6 is 0 Å². The lowest BCUT2D eigenvalue weighted by Crippen LogP contribution is -2.27. The van der Waals surface area contributed by atoms with Gasteiger partial charge in [0.25, 0.3) is 0 Å². The summed E-state index contributed by atoms with van der Waals surface area (Å²) in [6, 6.07) is 7.79. The Morgan fingerprint density at radius 2 is 2.00 bits per heavy atom. The fourth-order valence-electron chi connectivity index (χ4n) is 1.79. The molecule has 1 heterocycles. The van der Waals surface area contributed by atoms with Gasteiger partial charge in [-0.2, -0.15) is 0 Å². The summed E-state index contributed by atoms with van der Waals surface area (Å²) in [5, 5.41) is 12.6. The smallest absolute Gasteiger partial charge is 0.0801 e. The molecule has 14 heavy (non-hydrogen) atoms. The molecule has 76 valence electrons. The molecule has 0 radical (unpaired) electrons. The molecule has 1 aromatic rings. The summed E-state index contributed by atoms with van der Waals surface area (Å²) in [6.45, 7) is 3.63. The van der Waals surface area contributed by atoms with Crippen molar-refractivity contribution in [2.75, 3.05) is 23.2 Å². The molecule has 1 aromatic carbocycles. The summed E-state index contributed by atoms with van der Waals surface area (Å²) in [6.07, 6.45) is 2.31. The van der Waals surface area contributed by atoms with Gasteiger partial charge in [0.15, 0.2) is 0 Å². The van der Waals surface area contributed by atoms with Crippen LogP contribution in [0.1, 0.15) is 19.8 Å². The van der Waals surface area contributed by atoms with Crippen LogP contribution in [0.3, 0.4) is 0 Å². The van der Waals surface area contributed by atoms with E-state index in [-0.39, 0.29) is 0 Å². The van der Waals surface area contributed by atoms with Crippen LogP contribution in [0.15, 0.2) is 24.3 Å². The maximum atomic E-state index is 11.5. The minimum atomic E-state index is 0.485. The molecule has 3 nitrogen and oxygen atoms in total. The predicted octanol–water partition coefficient (Wildman–Crippen LogP) is 2.57. The van der Waals surface area contributed by atoms with Crippen molar-refractivity contribution in [2.24, 2.45) is 0 Å². The number of hydrogen-bond donors (Lipinski definition) is 0. The Labute approximate surface area is 84.5 Å². The van der Waals surface area contributed by atoms with Crippen LogP contribution in [-0.4, -0.2) is 13.2 Å². The van der Waals surface area contributed by atoms with E-state index in [0.29, 0.717) is 6.67 Å². The van der Waals surface area contributed by atoms with E-state index < -0.39 is 0 Å². The Hall–Kier alpha value is -1.22. The zero-order valence-corrected chi connectivity index (χ0v) is 8.44. The van der Waals surface area contributed by atoms with Gasteiger partial charge in [-0.1, -0.05) is 25.5 Å². The highest BCUT2D eigenvalue weighted by molar-refractivity contribution is 5.76. The van der Waals surface area contributed by atoms with E-state index in [1.54, 1.807) is 0 Å². The van der Waals surface area contributed by atoms with E-state index in [9.17, 15) is 5.21 Å². The molecule has 0 bridgehead atoms. The fourth-order valence-corrected chi connectivity index (χ4v) is 1.79. The third-order valence-electron chi connectivity index (χ3n) is 2.57. The molecule has 3 heteroatoms. The van der Waals surface area contributed by atoms with Crippen molar-refractivity contribution < 1.29 is 0 Å². The zero-order chi connectivity index (χ0) is 9.97. The molecule has 0 unspecified atom stereocenters. The molecule has 0 aliphatic carbocycles. The number of nitrogens with zero attached hydrogens (tertiary/aromatic N) is 2. The molecular weight excluding hydrogens is 176 g/mol. The number of fused-ring (bicyclic) bond motifs is 1. The minimum absolute atomic E-state index is 0.485.